The summed E-state index contributed by atoms with van der Waals surface area (Å²) in [5.74, 6) is 0. The maximum absolute atomic E-state index is 12.9. The Labute approximate surface area is 144 Å². The zero-order valence-electron chi connectivity index (χ0n) is 12.5. The first-order valence-corrected chi connectivity index (χ1v) is 7.32. The minimum atomic E-state index is -4.81. The van der Waals surface area contributed by atoms with Gasteiger partial charge in [-0.25, -0.2) is 9.36 Å². The highest BCUT2D eigenvalue weighted by molar-refractivity contribution is 6.34. The Morgan fingerprint density at radius 1 is 1.21 bits per heavy atom. The lowest BCUT2D eigenvalue weighted by Crippen LogP contribution is -2.40. The van der Waals surface area contributed by atoms with Gasteiger partial charge in [0.1, 0.15) is 5.69 Å². The fraction of sp³-hybridized carbons (Fsp3) is 0.200. The van der Waals surface area contributed by atoms with Gasteiger partial charge in [0.25, 0.3) is 5.56 Å². The van der Waals surface area contributed by atoms with Gasteiger partial charge in [-0.05, 0) is 36.8 Å². The largest absolute Gasteiger partial charge is 0.431 e. The summed E-state index contributed by atoms with van der Waals surface area (Å²) in [4.78, 5) is 24.3. The molecule has 4 nitrogen and oxygen atoms in total. The molecule has 128 valence electrons. The van der Waals surface area contributed by atoms with Crippen LogP contribution >= 0.6 is 23.2 Å². The SMILES string of the molecule is C/C(Cl)=C\c1cc(-n2c(=O)cc(C(F)(F)F)n(C)c2=O)ccc1Cl. The first kappa shape index (κ1) is 18.4. The third-order valence-electron chi connectivity index (χ3n) is 3.20. The van der Waals surface area contributed by atoms with Crippen molar-refractivity contribution >= 4 is 29.3 Å². The number of halogens is 5. The van der Waals surface area contributed by atoms with E-state index in [0.29, 0.717) is 30.8 Å². The molecule has 2 aromatic rings. The van der Waals surface area contributed by atoms with Crippen LogP contribution in [0.15, 0.2) is 38.9 Å². The molecule has 2 rings (SSSR count). The van der Waals surface area contributed by atoms with Gasteiger partial charge in [-0.15, -0.1) is 0 Å². The molecule has 24 heavy (non-hydrogen) atoms. The molecule has 0 amide bonds. The summed E-state index contributed by atoms with van der Waals surface area (Å²) in [5, 5.41) is 0.720. The molecule has 9 heteroatoms. The second-order valence-corrected chi connectivity index (χ2v) is 5.98. The molecule has 0 aliphatic carbocycles. The van der Waals surface area contributed by atoms with E-state index >= 15 is 0 Å². The van der Waals surface area contributed by atoms with Gasteiger partial charge >= 0.3 is 11.9 Å². The van der Waals surface area contributed by atoms with E-state index in [9.17, 15) is 22.8 Å². The molecule has 0 radical (unpaired) electrons. The zero-order chi connectivity index (χ0) is 18.2. The molecule has 1 aromatic heterocycles. The average molecular weight is 379 g/mol. The van der Waals surface area contributed by atoms with Gasteiger partial charge in [0.2, 0.25) is 0 Å². The van der Waals surface area contributed by atoms with Crippen LogP contribution in [0.1, 0.15) is 18.2 Å². The third-order valence-corrected chi connectivity index (χ3v) is 3.66. The summed E-state index contributed by atoms with van der Waals surface area (Å²) >= 11 is 11.8. The smallest absolute Gasteiger partial charge is 0.292 e. The van der Waals surface area contributed by atoms with Gasteiger partial charge in [0.15, 0.2) is 0 Å². The molecule has 0 N–H and O–H groups in total. The van der Waals surface area contributed by atoms with Crippen LogP contribution in [-0.4, -0.2) is 9.13 Å². The maximum Gasteiger partial charge on any atom is 0.431 e. The van der Waals surface area contributed by atoms with E-state index in [1.165, 1.54) is 24.3 Å². The molecule has 0 aliphatic rings. The quantitative estimate of drug-likeness (QED) is 0.797. The van der Waals surface area contributed by atoms with Crippen molar-refractivity contribution in [1.82, 2.24) is 9.13 Å². The number of rotatable bonds is 2. The van der Waals surface area contributed by atoms with Crippen LogP contribution in [0, 0.1) is 0 Å². The molecule has 0 fully saturated rings. The Balaban J connectivity index is 2.76. The number of benzene rings is 1. The molecular formula is C15H11Cl2F3N2O2. The van der Waals surface area contributed by atoms with Gasteiger partial charge in [-0.2, -0.15) is 13.2 Å². The van der Waals surface area contributed by atoms with E-state index in [2.05, 4.69) is 0 Å². The van der Waals surface area contributed by atoms with Crippen molar-refractivity contribution in [2.75, 3.05) is 0 Å². The Bertz CT molecular complexity index is 939. The second-order valence-electron chi connectivity index (χ2n) is 4.98. The number of hydrogen-bond acceptors (Lipinski definition) is 2. The normalized spacial score (nSPS) is 12.5. The highest BCUT2D eigenvalue weighted by atomic mass is 35.5. The maximum atomic E-state index is 12.9. The van der Waals surface area contributed by atoms with Gasteiger partial charge in [-0.1, -0.05) is 23.2 Å². The fourth-order valence-electron chi connectivity index (χ4n) is 2.13. The molecule has 1 heterocycles. The van der Waals surface area contributed by atoms with Crippen LogP contribution in [0.2, 0.25) is 5.02 Å². The average Bonchev–Trinajstić information content (AvgIpc) is 2.44. The summed E-state index contributed by atoms with van der Waals surface area (Å²) in [6.07, 6.45) is -3.30. The number of allylic oxidation sites excluding steroid dienone is 1. The monoisotopic (exact) mass is 378 g/mol. The zero-order valence-corrected chi connectivity index (χ0v) is 14.0. The summed E-state index contributed by atoms with van der Waals surface area (Å²) in [7, 11) is 0.945. The van der Waals surface area contributed by atoms with Crippen molar-refractivity contribution in [2.24, 2.45) is 7.05 Å². The summed E-state index contributed by atoms with van der Waals surface area (Å²) in [6, 6.07) is 4.55. The van der Waals surface area contributed by atoms with Gasteiger partial charge in [0.05, 0.1) is 5.69 Å². The van der Waals surface area contributed by atoms with Crippen molar-refractivity contribution in [2.45, 2.75) is 13.1 Å². The van der Waals surface area contributed by atoms with Crippen molar-refractivity contribution in [3.8, 4) is 5.69 Å². The van der Waals surface area contributed by atoms with Crippen LogP contribution in [0.5, 0.6) is 0 Å². The van der Waals surface area contributed by atoms with E-state index in [-0.39, 0.29) is 5.69 Å². The van der Waals surface area contributed by atoms with Gasteiger partial charge in [-0.3, -0.25) is 9.36 Å². The number of hydrogen-bond donors (Lipinski definition) is 0. The van der Waals surface area contributed by atoms with Gasteiger partial charge in [0, 0.05) is 23.2 Å². The van der Waals surface area contributed by atoms with E-state index < -0.39 is 23.1 Å². The minimum absolute atomic E-state index is 0.0860. The number of nitrogens with zero attached hydrogens (tertiary/aromatic N) is 2. The van der Waals surface area contributed by atoms with E-state index in [1.807, 2.05) is 0 Å². The lowest BCUT2D eigenvalue weighted by molar-refractivity contribution is -0.144. The molecular weight excluding hydrogens is 368 g/mol. The molecule has 0 saturated carbocycles. The molecule has 0 atom stereocenters. The minimum Gasteiger partial charge on any atom is -0.292 e. The Kier molecular flexibility index (Phi) is 4.96. The second kappa shape index (κ2) is 6.49. The van der Waals surface area contributed by atoms with E-state index in [1.54, 1.807) is 6.92 Å². The predicted octanol–water partition coefficient (Wildman–Crippen LogP) is 3.81. The summed E-state index contributed by atoms with van der Waals surface area (Å²) < 4.78 is 39.6. The fourth-order valence-corrected chi connectivity index (χ4v) is 2.42. The van der Waals surface area contributed by atoms with Crippen LogP contribution in [0.4, 0.5) is 13.2 Å². The lowest BCUT2D eigenvalue weighted by Gasteiger charge is -2.14. The van der Waals surface area contributed by atoms with Crippen LogP contribution in [0.3, 0.4) is 0 Å². The first-order chi connectivity index (χ1) is 11.0. The summed E-state index contributed by atoms with van der Waals surface area (Å²) in [6.45, 7) is 1.61. The van der Waals surface area contributed by atoms with Crippen LogP contribution in [-0.2, 0) is 13.2 Å². The Hall–Kier alpha value is -1.99. The highest BCUT2D eigenvalue weighted by Crippen LogP contribution is 2.27. The molecule has 0 aliphatic heterocycles. The number of aromatic nitrogens is 2. The van der Waals surface area contributed by atoms with E-state index in [4.69, 9.17) is 23.2 Å². The summed E-state index contributed by atoms with van der Waals surface area (Å²) in [5.41, 5.74) is -3.02. The Morgan fingerprint density at radius 2 is 1.83 bits per heavy atom. The topological polar surface area (TPSA) is 44.0 Å². The van der Waals surface area contributed by atoms with Crippen molar-refractivity contribution in [3.63, 3.8) is 0 Å². The van der Waals surface area contributed by atoms with Crippen LogP contribution in [0.25, 0.3) is 11.8 Å². The van der Waals surface area contributed by atoms with Crippen molar-refractivity contribution in [3.05, 3.63) is 66.4 Å². The molecule has 0 saturated heterocycles. The van der Waals surface area contributed by atoms with Crippen molar-refractivity contribution < 1.29 is 13.2 Å². The molecule has 0 unspecified atom stereocenters. The van der Waals surface area contributed by atoms with Crippen LogP contribution < -0.4 is 11.2 Å². The Morgan fingerprint density at radius 3 is 2.38 bits per heavy atom. The lowest BCUT2D eigenvalue weighted by atomic mass is 10.2. The van der Waals surface area contributed by atoms with Crippen molar-refractivity contribution in [1.29, 1.82) is 0 Å². The predicted molar refractivity (Wildman–Crippen MR) is 86.8 cm³/mol. The van der Waals surface area contributed by atoms with E-state index in [0.717, 1.165) is 7.05 Å². The standard InChI is InChI=1S/C15H11Cl2F3N2O2/c1-8(16)5-9-6-10(3-4-11(9)17)22-13(23)7-12(15(18,19)20)21(2)14(22)24/h3-7H,1-2H3/b8-5+. The number of alkyl halides is 3. The first-order valence-electron chi connectivity index (χ1n) is 6.56. The third kappa shape index (κ3) is 3.57. The molecule has 0 spiro atoms. The van der Waals surface area contributed by atoms with Gasteiger partial charge < -0.3 is 0 Å². The molecule has 1 aromatic carbocycles. The highest BCUT2D eigenvalue weighted by Gasteiger charge is 2.35. The molecule has 0 bridgehead atoms.